The first-order valence-electron chi connectivity index (χ1n) is 8.90. The van der Waals surface area contributed by atoms with Gasteiger partial charge >= 0.3 is 0 Å². The minimum absolute atomic E-state index is 0.0213. The molecule has 0 aromatic heterocycles. The lowest BCUT2D eigenvalue weighted by atomic mass is 9.68. The number of carbonyl (C=O) groups is 1. The number of likely N-dealkylation sites (tertiary alicyclic amines) is 1. The van der Waals surface area contributed by atoms with Crippen LogP contribution in [-0.4, -0.2) is 29.0 Å². The Hall–Kier alpha value is -1.51. The van der Waals surface area contributed by atoms with Crippen LogP contribution >= 0.6 is 0 Å². The number of piperidine rings is 1. The Bertz CT molecular complexity index is 540. The third-order valence-corrected chi connectivity index (χ3v) is 5.51. The first-order chi connectivity index (χ1) is 10.8. The molecule has 1 aromatic rings. The van der Waals surface area contributed by atoms with Gasteiger partial charge in [0.15, 0.2) is 0 Å². The Morgan fingerprint density at radius 1 is 1.43 bits per heavy atom. The molecule has 1 aliphatic rings. The lowest BCUT2D eigenvalue weighted by Gasteiger charge is -2.45. The molecular formula is C20H31NO2. The highest BCUT2D eigenvalue weighted by atomic mass is 16.3. The molecule has 128 valence electrons. The number of phenolic OH excluding ortho intramolecular Hbond substituents is 1. The number of carbonyl (C=O) groups excluding carboxylic acids is 1. The van der Waals surface area contributed by atoms with Crippen molar-refractivity contribution in [3.63, 3.8) is 0 Å². The Morgan fingerprint density at radius 2 is 2.17 bits per heavy atom. The van der Waals surface area contributed by atoms with Crippen LogP contribution in [-0.2, 0) is 10.2 Å². The molecule has 0 unspecified atom stereocenters. The third kappa shape index (κ3) is 4.27. The molecule has 1 amide bonds. The van der Waals surface area contributed by atoms with Crippen LogP contribution in [0.3, 0.4) is 0 Å². The van der Waals surface area contributed by atoms with E-state index in [1.165, 1.54) is 5.56 Å². The quantitative estimate of drug-likeness (QED) is 0.877. The van der Waals surface area contributed by atoms with E-state index < -0.39 is 0 Å². The second-order valence-electron chi connectivity index (χ2n) is 7.74. The van der Waals surface area contributed by atoms with Gasteiger partial charge in [-0.2, -0.15) is 0 Å². The minimum atomic E-state index is 0.0213. The molecule has 0 aliphatic carbocycles. The molecule has 1 saturated heterocycles. The van der Waals surface area contributed by atoms with E-state index in [4.69, 9.17) is 0 Å². The summed E-state index contributed by atoms with van der Waals surface area (Å²) in [5.74, 6) is 1.67. The number of aromatic hydroxyl groups is 1. The molecule has 1 fully saturated rings. The number of amides is 1. The van der Waals surface area contributed by atoms with Crippen LogP contribution in [0, 0.1) is 11.8 Å². The molecule has 0 bridgehead atoms. The maximum atomic E-state index is 12.4. The highest BCUT2D eigenvalue weighted by Crippen LogP contribution is 2.40. The van der Waals surface area contributed by atoms with Crippen molar-refractivity contribution < 1.29 is 9.90 Å². The minimum Gasteiger partial charge on any atom is -0.508 e. The van der Waals surface area contributed by atoms with Crippen LogP contribution < -0.4 is 0 Å². The van der Waals surface area contributed by atoms with Crippen molar-refractivity contribution in [1.29, 1.82) is 0 Å². The topological polar surface area (TPSA) is 40.5 Å². The van der Waals surface area contributed by atoms with Crippen LogP contribution in [0.25, 0.3) is 0 Å². The maximum absolute atomic E-state index is 12.4. The lowest BCUT2D eigenvalue weighted by Crippen LogP contribution is -2.49. The van der Waals surface area contributed by atoms with Crippen LogP contribution in [0.5, 0.6) is 5.75 Å². The van der Waals surface area contributed by atoms with Gasteiger partial charge in [-0.25, -0.2) is 0 Å². The summed E-state index contributed by atoms with van der Waals surface area (Å²) in [5.41, 5.74) is 1.20. The summed E-state index contributed by atoms with van der Waals surface area (Å²) >= 11 is 0. The predicted molar refractivity (Wildman–Crippen MR) is 94.5 cm³/mol. The Labute approximate surface area is 140 Å². The molecule has 1 heterocycles. The van der Waals surface area contributed by atoms with Crippen LogP contribution in [0.1, 0.15) is 58.9 Å². The highest BCUT2D eigenvalue weighted by Gasteiger charge is 2.39. The first kappa shape index (κ1) is 17.8. The van der Waals surface area contributed by atoms with E-state index in [1.807, 2.05) is 17.0 Å². The molecule has 1 N–H and O–H groups in total. The zero-order valence-electron chi connectivity index (χ0n) is 15.0. The van der Waals surface area contributed by atoms with E-state index in [2.05, 4.69) is 33.8 Å². The number of hydrogen-bond acceptors (Lipinski definition) is 2. The van der Waals surface area contributed by atoms with E-state index in [0.717, 1.165) is 32.4 Å². The molecule has 1 aromatic carbocycles. The molecule has 2 rings (SSSR count). The summed E-state index contributed by atoms with van der Waals surface area (Å²) in [6.07, 6.45) is 3.74. The van der Waals surface area contributed by atoms with Crippen molar-refractivity contribution in [3.8, 4) is 5.75 Å². The number of benzene rings is 1. The maximum Gasteiger partial charge on any atom is 0.222 e. The SMILES string of the molecule is CC(C)CCCC(=O)N1CC[C@](C)(c2cccc(O)c2)[C@H](C)C1. The predicted octanol–water partition coefficient (Wildman–Crippen LogP) is 4.34. The van der Waals surface area contributed by atoms with E-state index in [-0.39, 0.29) is 5.41 Å². The van der Waals surface area contributed by atoms with Crippen molar-refractivity contribution in [2.45, 2.75) is 58.8 Å². The fourth-order valence-electron chi connectivity index (χ4n) is 3.57. The molecular weight excluding hydrogens is 286 g/mol. The summed E-state index contributed by atoms with van der Waals surface area (Å²) in [6, 6.07) is 7.59. The van der Waals surface area contributed by atoms with Crippen molar-refractivity contribution in [3.05, 3.63) is 29.8 Å². The van der Waals surface area contributed by atoms with Crippen molar-refractivity contribution in [2.75, 3.05) is 13.1 Å². The second-order valence-corrected chi connectivity index (χ2v) is 7.74. The first-order valence-corrected chi connectivity index (χ1v) is 8.90. The van der Waals surface area contributed by atoms with Gasteiger partial charge in [0.2, 0.25) is 5.91 Å². The Kier molecular flexibility index (Phi) is 5.72. The zero-order valence-corrected chi connectivity index (χ0v) is 15.0. The molecule has 0 saturated carbocycles. The van der Waals surface area contributed by atoms with E-state index in [0.29, 0.717) is 29.9 Å². The van der Waals surface area contributed by atoms with E-state index >= 15 is 0 Å². The van der Waals surface area contributed by atoms with Crippen molar-refractivity contribution >= 4 is 5.91 Å². The fourth-order valence-corrected chi connectivity index (χ4v) is 3.57. The molecule has 0 spiro atoms. The number of hydrogen-bond donors (Lipinski definition) is 1. The van der Waals surface area contributed by atoms with Crippen molar-refractivity contribution in [1.82, 2.24) is 4.90 Å². The van der Waals surface area contributed by atoms with Crippen LogP contribution in [0.2, 0.25) is 0 Å². The van der Waals surface area contributed by atoms with Gasteiger partial charge in [0.1, 0.15) is 5.75 Å². The summed E-state index contributed by atoms with van der Waals surface area (Å²) in [6.45, 7) is 10.5. The largest absolute Gasteiger partial charge is 0.508 e. The Morgan fingerprint density at radius 3 is 2.78 bits per heavy atom. The van der Waals surface area contributed by atoms with Gasteiger partial charge in [-0.15, -0.1) is 0 Å². The van der Waals surface area contributed by atoms with Gasteiger partial charge in [-0.3, -0.25) is 4.79 Å². The number of rotatable bonds is 5. The fraction of sp³-hybridized carbons (Fsp3) is 0.650. The second kappa shape index (κ2) is 7.37. The average molecular weight is 317 g/mol. The van der Waals surface area contributed by atoms with E-state index in [9.17, 15) is 9.90 Å². The number of nitrogens with zero attached hydrogens (tertiary/aromatic N) is 1. The lowest BCUT2D eigenvalue weighted by molar-refractivity contribution is -0.134. The molecule has 0 radical (unpaired) electrons. The third-order valence-electron chi connectivity index (χ3n) is 5.51. The molecule has 2 atom stereocenters. The molecule has 23 heavy (non-hydrogen) atoms. The summed E-state index contributed by atoms with van der Waals surface area (Å²) < 4.78 is 0. The number of phenols is 1. The average Bonchev–Trinajstić information content (AvgIpc) is 2.49. The van der Waals surface area contributed by atoms with Gasteiger partial charge in [0, 0.05) is 19.5 Å². The van der Waals surface area contributed by atoms with Gasteiger partial charge in [0.05, 0.1) is 0 Å². The van der Waals surface area contributed by atoms with Gasteiger partial charge < -0.3 is 10.0 Å². The van der Waals surface area contributed by atoms with Crippen LogP contribution in [0.15, 0.2) is 24.3 Å². The normalized spacial score (nSPS) is 24.9. The van der Waals surface area contributed by atoms with Crippen LogP contribution in [0.4, 0.5) is 0 Å². The molecule has 3 nitrogen and oxygen atoms in total. The van der Waals surface area contributed by atoms with E-state index in [1.54, 1.807) is 6.07 Å². The molecule has 1 aliphatic heterocycles. The highest BCUT2D eigenvalue weighted by molar-refractivity contribution is 5.76. The summed E-state index contributed by atoms with van der Waals surface area (Å²) in [4.78, 5) is 14.4. The monoisotopic (exact) mass is 317 g/mol. The van der Waals surface area contributed by atoms with Gasteiger partial charge in [0.25, 0.3) is 0 Å². The summed E-state index contributed by atoms with van der Waals surface area (Å²) in [5, 5.41) is 9.76. The van der Waals surface area contributed by atoms with Crippen molar-refractivity contribution in [2.24, 2.45) is 11.8 Å². The Balaban J connectivity index is 1.98. The summed E-state index contributed by atoms with van der Waals surface area (Å²) in [7, 11) is 0. The molecule has 3 heteroatoms. The van der Waals surface area contributed by atoms with Gasteiger partial charge in [-0.1, -0.05) is 46.2 Å². The standard InChI is InChI=1S/C20H31NO2/c1-15(2)7-5-10-19(23)21-12-11-20(4,16(3)14-21)17-8-6-9-18(22)13-17/h6,8-9,13,15-16,22H,5,7,10-12,14H2,1-4H3/t16-,20+/m1/s1. The van der Waals surface area contributed by atoms with Gasteiger partial charge in [-0.05, 0) is 47.8 Å². The zero-order chi connectivity index (χ0) is 17.0. The smallest absolute Gasteiger partial charge is 0.222 e.